The van der Waals surface area contributed by atoms with E-state index in [0.717, 1.165) is 48.7 Å². The molecule has 1 fully saturated rings. The second-order valence-electron chi connectivity index (χ2n) is 12.1. The summed E-state index contributed by atoms with van der Waals surface area (Å²) < 4.78 is 12.7. The molecule has 0 atom stereocenters. The molecule has 2 N–H and O–H groups in total. The zero-order valence-electron chi connectivity index (χ0n) is 25.0. The van der Waals surface area contributed by atoms with E-state index in [-0.39, 0.29) is 11.6 Å². The summed E-state index contributed by atoms with van der Waals surface area (Å²) in [5.41, 5.74) is 5.11. The molecule has 1 aromatic heterocycles. The largest absolute Gasteiger partial charge is 0.446 e. The quantitative estimate of drug-likeness (QED) is 0.199. The predicted molar refractivity (Wildman–Crippen MR) is 170 cm³/mol. The predicted octanol–water partition coefficient (Wildman–Crippen LogP) is 7.43. The second kappa shape index (κ2) is 13.3. The molecule has 1 amide bonds. The van der Waals surface area contributed by atoms with Gasteiger partial charge in [0, 0.05) is 29.3 Å². The molecule has 8 heteroatoms. The molecule has 224 valence electrons. The molecule has 8 nitrogen and oxygen atoms in total. The molecule has 43 heavy (non-hydrogen) atoms. The lowest BCUT2D eigenvalue weighted by atomic mass is 9.91. The van der Waals surface area contributed by atoms with Crippen LogP contribution in [0.3, 0.4) is 0 Å². The third kappa shape index (κ3) is 7.90. The van der Waals surface area contributed by atoms with E-state index in [1.807, 2.05) is 60.7 Å². The monoisotopic (exact) mass is 581 g/mol. The van der Waals surface area contributed by atoms with Crippen LogP contribution in [0.5, 0.6) is 0 Å². The number of hydrogen-bond donors (Lipinski definition) is 2. The number of aldehydes is 1. The molecule has 0 radical (unpaired) electrons. The molecule has 0 spiro atoms. The lowest BCUT2D eigenvalue weighted by molar-refractivity contribution is 0.0762. The summed E-state index contributed by atoms with van der Waals surface area (Å²) in [5, 5.41) is 6.63. The summed E-state index contributed by atoms with van der Waals surface area (Å²) in [5.74, 6) is -0.449. The van der Waals surface area contributed by atoms with Gasteiger partial charge in [0.25, 0.3) is 0 Å². The van der Waals surface area contributed by atoms with Gasteiger partial charge in [0.05, 0.1) is 11.2 Å². The van der Waals surface area contributed by atoms with Crippen LogP contribution < -0.4 is 16.4 Å². The minimum Gasteiger partial charge on any atom is -0.446 e. The minimum atomic E-state index is -0.449. The normalized spacial score (nSPS) is 17.3. The van der Waals surface area contributed by atoms with E-state index in [0.29, 0.717) is 41.4 Å². The molecule has 1 saturated carbocycles. The smallest absolute Gasteiger partial charge is 0.419 e. The maximum Gasteiger partial charge on any atom is 0.419 e. The van der Waals surface area contributed by atoms with E-state index >= 15 is 0 Å². The van der Waals surface area contributed by atoms with Crippen molar-refractivity contribution in [3.05, 3.63) is 94.5 Å². The van der Waals surface area contributed by atoms with Crippen molar-refractivity contribution >= 4 is 35.2 Å². The van der Waals surface area contributed by atoms with Crippen LogP contribution in [0.2, 0.25) is 0 Å². The van der Waals surface area contributed by atoms with Crippen molar-refractivity contribution in [2.75, 3.05) is 5.32 Å². The molecule has 0 unspecified atom stereocenters. The number of rotatable bonds is 9. The number of nitrogens with zero attached hydrogens (tertiary/aromatic N) is 1. The maximum absolute atomic E-state index is 12.9. The van der Waals surface area contributed by atoms with Gasteiger partial charge in [-0.2, -0.15) is 0 Å². The Morgan fingerprint density at radius 2 is 1.74 bits per heavy atom. The van der Waals surface area contributed by atoms with Crippen LogP contribution >= 0.6 is 0 Å². The van der Waals surface area contributed by atoms with Gasteiger partial charge in [-0.05, 0) is 94.3 Å². The highest BCUT2D eigenvalue weighted by atomic mass is 16.6. The number of benzene rings is 3. The molecule has 4 aromatic rings. The standard InChI is InChI=1S/C35H39N3O5/c1-35(2,3)37-27-14-16-28(17-15-27)42-33(40)36-30-18-12-24(21-29(30)26-10-5-4-6-11-26)9-7-8-20-38-31-19-13-25(23-39)22-32(31)43-34(38)41/h4-7,9-13,18-19,21-23,27-28,37H,8,14-17,20H2,1-3H3,(H,36,40)/b9-7+/t27-,28-. The van der Waals surface area contributed by atoms with Gasteiger partial charge in [-0.25, -0.2) is 9.59 Å². The van der Waals surface area contributed by atoms with Crippen LogP contribution in [-0.4, -0.2) is 34.6 Å². The number of aryl methyl sites for hydroxylation is 1. The van der Waals surface area contributed by atoms with Crippen LogP contribution in [0.25, 0.3) is 28.3 Å². The van der Waals surface area contributed by atoms with Gasteiger partial charge >= 0.3 is 11.8 Å². The molecule has 1 heterocycles. The Hall–Kier alpha value is -4.43. The fraction of sp³-hybridized carbons (Fsp3) is 0.343. The Morgan fingerprint density at radius 1 is 1.00 bits per heavy atom. The summed E-state index contributed by atoms with van der Waals surface area (Å²) in [6.45, 7) is 6.96. The van der Waals surface area contributed by atoms with Crippen molar-refractivity contribution in [1.82, 2.24) is 9.88 Å². The van der Waals surface area contributed by atoms with Gasteiger partial charge in [-0.1, -0.05) is 48.6 Å². The molecule has 5 rings (SSSR count). The number of carbonyl (C=O) groups excluding carboxylic acids is 2. The van der Waals surface area contributed by atoms with E-state index < -0.39 is 11.8 Å². The van der Waals surface area contributed by atoms with Gasteiger partial charge in [-0.3, -0.25) is 14.7 Å². The van der Waals surface area contributed by atoms with Crippen LogP contribution in [0.1, 0.15) is 68.8 Å². The van der Waals surface area contributed by atoms with Gasteiger partial charge < -0.3 is 14.5 Å². The molecular weight excluding hydrogens is 542 g/mol. The lowest BCUT2D eigenvalue weighted by Gasteiger charge is -2.34. The van der Waals surface area contributed by atoms with E-state index in [4.69, 9.17) is 9.15 Å². The maximum atomic E-state index is 12.9. The van der Waals surface area contributed by atoms with Gasteiger partial charge in [0.15, 0.2) is 5.58 Å². The zero-order valence-corrected chi connectivity index (χ0v) is 25.0. The molecular formula is C35H39N3O5. The number of aromatic nitrogens is 1. The van der Waals surface area contributed by atoms with E-state index in [1.165, 1.54) is 0 Å². The molecule has 0 bridgehead atoms. The van der Waals surface area contributed by atoms with Crippen LogP contribution in [-0.2, 0) is 11.3 Å². The van der Waals surface area contributed by atoms with Crippen LogP contribution in [0.4, 0.5) is 10.5 Å². The third-order valence-corrected chi connectivity index (χ3v) is 7.61. The number of carbonyl (C=O) groups is 2. The summed E-state index contributed by atoms with van der Waals surface area (Å²) in [4.78, 5) is 36.3. The highest BCUT2D eigenvalue weighted by Gasteiger charge is 2.26. The highest BCUT2D eigenvalue weighted by Crippen LogP contribution is 2.31. The number of anilines is 1. The Balaban J connectivity index is 1.24. The average Bonchev–Trinajstić information content (AvgIpc) is 3.30. The lowest BCUT2D eigenvalue weighted by Crippen LogP contribution is -2.46. The first kappa shape index (κ1) is 30.0. The summed E-state index contributed by atoms with van der Waals surface area (Å²) >= 11 is 0. The zero-order chi connectivity index (χ0) is 30.4. The number of allylic oxidation sites excluding steroid dienone is 1. The number of ether oxygens (including phenoxy) is 1. The van der Waals surface area contributed by atoms with Crippen molar-refractivity contribution in [3.63, 3.8) is 0 Å². The van der Waals surface area contributed by atoms with Crippen molar-refractivity contribution in [1.29, 1.82) is 0 Å². The molecule has 1 aliphatic rings. The van der Waals surface area contributed by atoms with Crippen LogP contribution in [0.15, 0.2) is 82.0 Å². The van der Waals surface area contributed by atoms with Gasteiger partial charge in [0.1, 0.15) is 12.4 Å². The fourth-order valence-electron chi connectivity index (χ4n) is 5.65. The average molecular weight is 582 g/mol. The van der Waals surface area contributed by atoms with Crippen molar-refractivity contribution in [3.8, 4) is 11.1 Å². The molecule has 0 saturated heterocycles. The number of nitrogens with one attached hydrogen (secondary N) is 2. The van der Waals surface area contributed by atoms with Crippen molar-refractivity contribution in [2.24, 2.45) is 0 Å². The van der Waals surface area contributed by atoms with Crippen LogP contribution in [0, 0.1) is 0 Å². The van der Waals surface area contributed by atoms with E-state index in [9.17, 15) is 14.4 Å². The van der Waals surface area contributed by atoms with Crippen molar-refractivity contribution in [2.45, 2.75) is 77.1 Å². The first-order valence-electron chi connectivity index (χ1n) is 14.9. The Kier molecular flexibility index (Phi) is 9.26. The number of oxazole rings is 1. The SMILES string of the molecule is CC(C)(C)N[C@H]1CC[C@H](OC(=O)Nc2ccc(/C=C/CCn3c(=O)oc4cc(C=O)ccc43)cc2-c2ccccc2)CC1. The molecule has 3 aromatic carbocycles. The van der Waals surface area contributed by atoms with E-state index in [2.05, 4.69) is 31.4 Å². The number of amides is 1. The topological polar surface area (TPSA) is 103 Å². The molecule has 1 aliphatic carbocycles. The highest BCUT2D eigenvalue weighted by molar-refractivity contribution is 5.92. The first-order chi connectivity index (χ1) is 20.7. The number of hydrogen-bond acceptors (Lipinski definition) is 6. The first-order valence-corrected chi connectivity index (χ1v) is 14.9. The summed E-state index contributed by atoms with van der Waals surface area (Å²) in [7, 11) is 0. The second-order valence-corrected chi connectivity index (χ2v) is 12.1. The van der Waals surface area contributed by atoms with Gasteiger partial charge in [-0.15, -0.1) is 0 Å². The Labute approximate surface area is 251 Å². The summed E-state index contributed by atoms with van der Waals surface area (Å²) in [6.07, 6.45) is 8.45. The Bertz CT molecular complexity index is 1650. The van der Waals surface area contributed by atoms with Crippen molar-refractivity contribution < 1.29 is 18.7 Å². The Morgan fingerprint density at radius 3 is 2.47 bits per heavy atom. The summed E-state index contributed by atoms with van der Waals surface area (Å²) in [6, 6.07) is 21.2. The molecule has 0 aliphatic heterocycles. The third-order valence-electron chi connectivity index (χ3n) is 7.61. The van der Waals surface area contributed by atoms with Gasteiger partial charge in [0.2, 0.25) is 0 Å². The minimum absolute atomic E-state index is 0.0717. The fourth-order valence-corrected chi connectivity index (χ4v) is 5.65. The van der Waals surface area contributed by atoms with E-state index in [1.54, 1.807) is 22.8 Å². The number of fused-ring (bicyclic) bond motifs is 1.